The summed E-state index contributed by atoms with van der Waals surface area (Å²) in [5, 5.41) is 4.88. The van der Waals surface area contributed by atoms with E-state index in [0.29, 0.717) is 10.7 Å². The standard InChI is InChI=1S/C16H35NS2/c1-5-7-9-11-13-18-15(3)17-16(4)19-14-12-10-8-6-2/h15-17H,5-14H2,1-4H3. The Morgan fingerprint density at radius 1 is 0.684 bits per heavy atom. The van der Waals surface area contributed by atoms with Gasteiger partial charge in [-0.05, 0) is 38.2 Å². The van der Waals surface area contributed by atoms with Gasteiger partial charge in [0.25, 0.3) is 0 Å². The molecule has 1 N–H and O–H groups in total. The highest BCUT2D eigenvalue weighted by atomic mass is 32.2. The molecule has 0 heterocycles. The van der Waals surface area contributed by atoms with Crippen molar-refractivity contribution < 1.29 is 0 Å². The fraction of sp³-hybridized carbons (Fsp3) is 1.00. The number of nitrogens with one attached hydrogen (secondary N) is 1. The van der Waals surface area contributed by atoms with Gasteiger partial charge in [0.1, 0.15) is 0 Å². The number of hydrogen-bond acceptors (Lipinski definition) is 3. The van der Waals surface area contributed by atoms with Gasteiger partial charge in [0.15, 0.2) is 0 Å². The van der Waals surface area contributed by atoms with Gasteiger partial charge in [-0.15, -0.1) is 23.5 Å². The lowest BCUT2D eigenvalue weighted by Crippen LogP contribution is -2.30. The maximum absolute atomic E-state index is 3.69. The molecule has 2 unspecified atom stereocenters. The van der Waals surface area contributed by atoms with Gasteiger partial charge in [-0.25, -0.2) is 0 Å². The third-order valence-corrected chi connectivity index (χ3v) is 5.52. The Labute approximate surface area is 130 Å². The van der Waals surface area contributed by atoms with Crippen LogP contribution in [0.1, 0.15) is 79.1 Å². The lowest BCUT2D eigenvalue weighted by atomic mass is 10.2. The Morgan fingerprint density at radius 2 is 1.11 bits per heavy atom. The van der Waals surface area contributed by atoms with E-state index in [1.165, 1.54) is 62.9 Å². The number of unbranched alkanes of at least 4 members (excludes halogenated alkanes) is 6. The summed E-state index contributed by atoms with van der Waals surface area (Å²) in [7, 11) is 0. The van der Waals surface area contributed by atoms with Crippen molar-refractivity contribution in [1.29, 1.82) is 0 Å². The molecule has 0 saturated carbocycles. The smallest absolute Gasteiger partial charge is 0.0511 e. The van der Waals surface area contributed by atoms with Crippen molar-refractivity contribution >= 4 is 23.5 Å². The molecular formula is C16H35NS2. The minimum atomic E-state index is 0.597. The van der Waals surface area contributed by atoms with Gasteiger partial charge in [0.05, 0.1) is 10.7 Å². The maximum Gasteiger partial charge on any atom is 0.0511 e. The van der Waals surface area contributed by atoms with Gasteiger partial charge in [-0.2, -0.15) is 0 Å². The average molecular weight is 306 g/mol. The van der Waals surface area contributed by atoms with Gasteiger partial charge in [0.2, 0.25) is 0 Å². The van der Waals surface area contributed by atoms with Crippen molar-refractivity contribution in [3.05, 3.63) is 0 Å². The number of thioether (sulfide) groups is 2. The van der Waals surface area contributed by atoms with Crippen molar-refractivity contribution in [2.75, 3.05) is 11.5 Å². The third-order valence-electron chi connectivity index (χ3n) is 3.20. The molecule has 3 heteroatoms. The zero-order chi connectivity index (χ0) is 14.3. The summed E-state index contributed by atoms with van der Waals surface area (Å²) in [6.45, 7) is 9.16. The van der Waals surface area contributed by atoms with Crippen LogP contribution < -0.4 is 5.32 Å². The Balaban J connectivity index is 3.34. The largest absolute Gasteiger partial charge is 0.294 e. The van der Waals surface area contributed by atoms with E-state index in [0.717, 1.165) is 0 Å². The first-order valence-corrected chi connectivity index (χ1v) is 10.3. The normalized spacial score (nSPS) is 14.5. The minimum absolute atomic E-state index is 0.597. The summed E-state index contributed by atoms with van der Waals surface area (Å²) in [5.41, 5.74) is 0. The van der Waals surface area contributed by atoms with Gasteiger partial charge >= 0.3 is 0 Å². The summed E-state index contributed by atoms with van der Waals surface area (Å²) in [4.78, 5) is 0. The van der Waals surface area contributed by atoms with Gasteiger partial charge in [-0.1, -0.05) is 52.4 Å². The molecule has 2 atom stereocenters. The lowest BCUT2D eigenvalue weighted by molar-refractivity contribution is 0.671. The van der Waals surface area contributed by atoms with Crippen LogP contribution in [0.5, 0.6) is 0 Å². The first-order chi connectivity index (χ1) is 9.20. The predicted molar refractivity (Wildman–Crippen MR) is 95.3 cm³/mol. The molecule has 116 valence electrons. The van der Waals surface area contributed by atoms with E-state index in [1.54, 1.807) is 0 Å². The second-order valence-corrected chi connectivity index (χ2v) is 8.21. The molecule has 0 aromatic carbocycles. The lowest BCUT2D eigenvalue weighted by Gasteiger charge is -2.19. The molecule has 0 amide bonds. The van der Waals surface area contributed by atoms with Crippen molar-refractivity contribution in [2.45, 2.75) is 89.8 Å². The molecule has 0 aromatic heterocycles. The highest BCUT2D eigenvalue weighted by molar-refractivity contribution is 8.00. The summed E-state index contributed by atoms with van der Waals surface area (Å²) in [5.74, 6) is 2.62. The Bertz CT molecular complexity index is 158. The molecule has 0 fully saturated rings. The van der Waals surface area contributed by atoms with Crippen molar-refractivity contribution in [3.8, 4) is 0 Å². The van der Waals surface area contributed by atoms with Crippen LogP contribution >= 0.6 is 23.5 Å². The van der Waals surface area contributed by atoms with E-state index in [2.05, 4.69) is 56.5 Å². The topological polar surface area (TPSA) is 12.0 Å². The fourth-order valence-electron chi connectivity index (χ4n) is 2.00. The first-order valence-electron chi connectivity index (χ1n) is 8.20. The molecule has 0 bridgehead atoms. The molecule has 0 aliphatic carbocycles. The van der Waals surface area contributed by atoms with Crippen molar-refractivity contribution in [1.82, 2.24) is 5.32 Å². The van der Waals surface area contributed by atoms with Crippen LogP contribution in [0, 0.1) is 0 Å². The quantitative estimate of drug-likeness (QED) is 0.317. The molecule has 0 radical (unpaired) electrons. The zero-order valence-corrected chi connectivity index (χ0v) is 15.2. The van der Waals surface area contributed by atoms with Crippen LogP contribution in [0.4, 0.5) is 0 Å². The Kier molecular flexibility index (Phi) is 15.6. The molecule has 1 nitrogen and oxygen atoms in total. The fourth-order valence-corrected chi connectivity index (χ4v) is 4.14. The van der Waals surface area contributed by atoms with E-state index in [9.17, 15) is 0 Å². The van der Waals surface area contributed by atoms with Gasteiger partial charge < -0.3 is 0 Å². The van der Waals surface area contributed by atoms with Gasteiger partial charge in [-0.3, -0.25) is 5.32 Å². The second-order valence-electron chi connectivity index (χ2n) is 5.31. The highest BCUT2D eigenvalue weighted by Crippen LogP contribution is 2.17. The molecule has 19 heavy (non-hydrogen) atoms. The van der Waals surface area contributed by atoms with Crippen molar-refractivity contribution in [2.24, 2.45) is 0 Å². The first kappa shape index (κ1) is 19.7. The summed E-state index contributed by atoms with van der Waals surface area (Å²) in [6.07, 6.45) is 11.0. The van der Waals surface area contributed by atoms with Crippen LogP contribution in [0.25, 0.3) is 0 Å². The molecule has 0 aromatic rings. The summed E-state index contributed by atoms with van der Waals surface area (Å²) in [6, 6.07) is 0. The maximum atomic E-state index is 3.69. The molecule has 0 aliphatic heterocycles. The van der Waals surface area contributed by atoms with Gasteiger partial charge in [0, 0.05) is 0 Å². The van der Waals surface area contributed by atoms with Crippen LogP contribution in [0.3, 0.4) is 0 Å². The molecule has 0 saturated heterocycles. The molecule has 0 rings (SSSR count). The van der Waals surface area contributed by atoms with Crippen LogP contribution in [0.2, 0.25) is 0 Å². The second kappa shape index (κ2) is 15.1. The number of rotatable bonds is 14. The van der Waals surface area contributed by atoms with E-state index in [4.69, 9.17) is 0 Å². The SMILES string of the molecule is CCCCCCSC(C)NC(C)SCCCCCC. The minimum Gasteiger partial charge on any atom is -0.294 e. The van der Waals surface area contributed by atoms with E-state index in [-0.39, 0.29) is 0 Å². The van der Waals surface area contributed by atoms with E-state index in [1.807, 2.05) is 0 Å². The van der Waals surface area contributed by atoms with Crippen LogP contribution in [-0.2, 0) is 0 Å². The summed E-state index contributed by atoms with van der Waals surface area (Å²) >= 11 is 4.16. The Hall–Kier alpha value is 0.660. The van der Waals surface area contributed by atoms with E-state index >= 15 is 0 Å². The monoisotopic (exact) mass is 305 g/mol. The average Bonchev–Trinajstić information content (AvgIpc) is 2.38. The summed E-state index contributed by atoms with van der Waals surface area (Å²) < 4.78 is 0. The van der Waals surface area contributed by atoms with E-state index < -0.39 is 0 Å². The van der Waals surface area contributed by atoms with Crippen LogP contribution in [-0.4, -0.2) is 22.3 Å². The highest BCUT2D eigenvalue weighted by Gasteiger charge is 2.07. The molecular weight excluding hydrogens is 270 g/mol. The third kappa shape index (κ3) is 14.9. The number of hydrogen-bond donors (Lipinski definition) is 1. The predicted octanol–water partition coefficient (Wildman–Crippen LogP) is 5.90. The zero-order valence-electron chi connectivity index (χ0n) is 13.5. The van der Waals surface area contributed by atoms with Crippen LogP contribution in [0.15, 0.2) is 0 Å². The van der Waals surface area contributed by atoms with Crippen molar-refractivity contribution in [3.63, 3.8) is 0 Å². The Morgan fingerprint density at radius 3 is 1.47 bits per heavy atom. The molecule has 0 spiro atoms. The molecule has 0 aliphatic rings.